The first-order valence-electron chi connectivity index (χ1n) is 7.93. The normalized spacial score (nSPS) is 19.1. The van der Waals surface area contributed by atoms with Gasteiger partial charge in [0.05, 0.1) is 17.6 Å². The first-order chi connectivity index (χ1) is 9.61. The van der Waals surface area contributed by atoms with Crippen molar-refractivity contribution in [3.8, 4) is 0 Å². The summed E-state index contributed by atoms with van der Waals surface area (Å²) in [7, 11) is 0. The smallest absolute Gasteiger partial charge is 0.131 e. The molecule has 4 heteroatoms. The molecule has 4 nitrogen and oxygen atoms in total. The maximum Gasteiger partial charge on any atom is 0.131 e. The van der Waals surface area contributed by atoms with Crippen LogP contribution in [-0.4, -0.2) is 29.6 Å². The van der Waals surface area contributed by atoms with E-state index in [9.17, 15) is 0 Å². The van der Waals surface area contributed by atoms with Crippen molar-refractivity contribution in [3.63, 3.8) is 0 Å². The zero-order chi connectivity index (χ0) is 14.5. The summed E-state index contributed by atoms with van der Waals surface area (Å²) in [4.78, 5) is 11.8. The van der Waals surface area contributed by atoms with E-state index in [2.05, 4.69) is 42.9 Å². The lowest BCUT2D eigenvalue weighted by Crippen LogP contribution is -2.24. The second kappa shape index (κ2) is 7.02. The standard InChI is InChI=1S/C16H28N4/c1-5-7-17-9-14-15(20-8-6-13(4)11-20)10-18-16(19-14)12(2)3/h10,12-13,17H,5-9,11H2,1-4H3. The predicted molar refractivity (Wildman–Crippen MR) is 84.1 cm³/mol. The average molecular weight is 276 g/mol. The molecule has 20 heavy (non-hydrogen) atoms. The van der Waals surface area contributed by atoms with Crippen molar-refractivity contribution in [3.05, 3.63) is 17.7 Å². The SMILES string of the molecule is CCCNCc1nc(C(C)C)ncc1N1CCC(C)C1. The van der Waals surface area contributed by atoms with E-state index >= 15 is 0 Å². The van der Waals surface area contributed by atoms with Crippen LogP contribution in [0.2, 0.25) is 0 Å². The summed E-state index contributed by atoms with van der Waals surface area (Å²) in [6.07, 6.45) is 4.45. The lowest BCUT2D eigenvalue weighted by atomic mass is 10.2. The number of anilines is 1. The van der Waals surface area contributed by atoms with Gasteiger partial charge in [-0.05, 0) is 25.3 Å². The fraction of sp³-hybridized carbons (Fsp3) is 0.750. The van der Waals surface area contributed by atoms with Crippen LogP contribution in [-0.2, 0) is 6.54 Å². The highest BCUT2D eigenvalue weighted by atomic mass is 15.2. The molecule has 1 N–H and O–H groups in total. The molecule has 0 spiro atoms. The van der Waals surface area contributed by atoms with Crippen molar-refractivity contribution in [1.82, 2.24) is 15.3 Å². The molecule has 2 rings (SSSR count). The minimum absolute atomic E-state index is 0.381. The third-order valence-electron chi connectivity index (χ3n) is 3.86. The number of rotatable bonds is 6. The monoisotopic (exact) mass is 276 g/mol. The Hall–Kier alpha value is -1.16. The lowest BCUT2D eigenvalue weighted by molar-refractivity contribution is 0.645. The Morgan fingerprint density at radius 2 is 2.25 bits per heavy atom. The van der Waals surface area contributed by atoms with Crippen LogP contribution in [0.15, 0.2) is 6.20 Å². The highest BCUT2D eigenvalue weighted by molar-refractivity contribution is 5.50. The van der Waals surface area contributed by atoms with Gasteiger partial charge in [-0.2, -0.15) is 0 Å². The average Bonchev–Trinajstić information content (AvgIpc) is 2.85. The van der Waals surface area contributed by atoms with Crippen molar-refractivity contribution in [1.29, 1.82) is 0 Å². The molecule has 2 heterocycles. The molecular formula is C16H28N4. The fourth-order valence-electron chi connectivity index (χ4n) is 2.64. The van der Waals surface area contributed by atoms with Gasteiger partial charge in [0.25, 0.3) is 0 Å². The number of aromatic nitrogens is 2. The van der Waals surface area contributed by atoms with Crippen LogP contribution in [0.3, 0.4) is 0 Å². The van der Waals surface area contributed by atoms with Gasteiger partial charge in [-0.1, -0.05) is 27.7 Å². The predicted octanol–water partition coefficient (Wildman–Crippen LogP) is 2.95. The molecule has 1 aromatic heterocycles. The lowest BCUT2D eigenvalue weighted by Gasteiger charge is -2.22. The summed E-state index contributed by atoms with van der Waals surface area (Å²) in [5.74, 6) is 2.11. The van der Waals surface area contributed by atoms with E-state index in [0.717, 1.165) is 50.0 Å². The van der Waals surface area contributed by atoms with Gasteiger partial charge < -0.3 is 10.2 Å². The maximum atomic E-state index is 4.80. The molecule has 0 bridgehead atoms. The fourth-order valence-corrected chi connectivity index (χ4v) is 2.64. The van der Waals surface area contributed by atoms with E-state index in [4.69, 9.17) is 4.98 Å². The topological polar surface area (TPSA) is 41.1 Å². The number of nitrogens with one attached hydrogen (secondary N) is 1. The molecule has 0 aliphatic carbocycles. The Balaban J connectivity index is 2.19. The minimum Gasteiger partial charge on any atom is -0.368 e. The molecule has 1 aromatic rings. The summed E-state index contributed by atoms with van der Waals surface area (Å²) < 4.78 is 0. The Morgan fingerprint density at radius 3 is 2.85 bits per heavy atom. The number of nitrogens with zero attached hydrogens (tertiary/aromatic N) is 3. The summed E-state index contributed by atoms with van der Waals surface area (Å²) in [5, 5.41) is 3.48. The van der Waals surface area contributed by atoms with E-state index in [-0.39, 0.29) is 0 Å². The Morgan fingerprint density at radius 1 is 1.45 bits per heavy atom. The number of hydrogen-bond donors (Lipinski definition) is 1. The molecule has 1 saturated heterocycles. The Kier molecular flexibility index (Phi) is 5.35. The van der Waals surface area contributed by atoms with Crippen molar-refractivity contribution < 1.29 is 0 Å². The molecule has 1 unspecified atom stereocenters. The molecular weight excluding hydrogens is 248 g/mol. The van der Waals surface area contributed by atoms with Gasteiger partial charge in [0.15, 0.2) is 0 Å². The van der Waals surface area contributed by atoms with E-state index in [1.54, 1.807) is 0 Å². The second-order valence-electron chi connectivity index (χ2n) is 6.23. The molecule has 1 aliphatic rings. The number of hydrogen-bond acceptors (Lipinski definition) is 4. The summed E-state index contributed by atoms with van der Waals surface area (Å²) >= 11 is 0. The highest BCUT2D eigenvalue weighted by Gasteiger charge is 2.22. The third-order valence-corrected chi connectivity index (χ3v) is 3.86. The van der Waals surface area contributed by atoms with E-state index in [0.29, 0.717) is 5.92 Å². The zero-order valence-electron chi connectivity index (χ0n) is 13.3. The summed E-state index contributed by atoms with van der Waals surface area (Å²) in [6.45, 7) is 12.9. The molecule has 1 aliphatic heterocycles. The molecule has 1 atom stereocenters. The highest BCUT2D eigenvalue weighted by Crippen LogP contribution is 2.26. The van der Waals surface area contributed by atoms with E-state index < -0.39 is 0 Å². The molecule has 112 valence electrons. The van der Waals surface area contributed by atoms with Gasteiger partial charge in [-0.25, -0.2) is 9.97 Å². The van der Waals surface area contributed by atoms with Crippen LogP contribution in [0.25, 0.3) is 0 Å². The van der Waals surface area contributed by atoms with Crippen LogP contribution in [0, 0.1) is 5.92 Å². The first-order valence-corrected chi connectivity index (χ1v) is 7.93. The van der Waals surface area contributed by atoms with Crippen molar-refractivity contribution in [2.45, 2.75) is 53.0 Å². The second-order valence-corrected chi connectivity index (χ2v) is 6.23. The summed E-state index contributed by atoms with van der Waals surface area (Å²) in [6, 6.07) is 0. The molecule has 0 amide bonds. The zero-order valence-corrected chi connectivity index (χ0v) is 13.3. The quantitative estimate of drug-likeness (QED) is 0.811. The maximum absolute atomic E-state index is 4.80. The summed E-state index contributed by atoms with van der Waals surface area (Å²) in [5.41, 5.74) is 2.38. The molecule has 0 radical (unpaired) electrons. The minimum atomic E-state index is 0.381. The Labute approximate surface area is 123 Å². The van der Waals surface area contributed by atoms with Crippen LogP contribution in [0.1, 0.15) is 58.0 Å². The van der Waals surface area contributed by atoms with Crippen LogP contribution in [0.5, 0.6) is 0 Å². The molecule has 0 saturated carbocycles. The van der Waals surface area contributed by atoms with E-state index in [1.165, 1.54) is 12.1 Å². The first kappa shape index (κ1) is 15.2. The van der Waals surface area contributed by atoms with Crippen molar-refractivity contribution in [2.24, 2.45) is 5.92 Å². The molecule has 0 aromatic carbocycles. The van der Waals surface area contributed by atoms with Crippen LogP contribution >= 0.6 is 0 Å². The molecule has 1 fully saturated rings. The van der Waals surface area contributed by atoms with Crippen molar-refractivity contribution in [2.75, 3.05) is 24.5 Å². The van der Waals surface area contributed by atoms with E-state index in [1.807, 2.05) is 6.20 Å². The van der Waals surface area contributed by atoms with Gasteiger partial charge >= 0.3 is 0 Å². The van der Waals surface area contributed by atoms with Crippen molar-refractivity contribution >= 4 is 5.69 Å². The van der Waals surface area contributed by atoms with Gasteiger partial charge in [-0.15, -0.1) is 0 Å². The Bertz CT molecular complexity index is 430. The third kappa shape index (κ3) is 3.69. The van der Waals surface area contributed by atoms with Gasteiger partial charge in [-0.3, -0.25) is 0 Å². The van der Waals surface area contributed by atoms with Crippen LogP contribution < -0.4 is 10.2 Å². The van der Waals surface area contributed by atoms with Gasteiger partial charge in [0.1, 0.15) is 5.82 Å². The largest absolute Gasteiger partial charge is 0.368 e. The van der Waals surface area contributed by atoms with Gasteiger partial charge in [0, 0.05) is 25.6 Å². The van der Waals surface area contributed by atoms with Gasteiger partial charge in [0.2, 0.25) is 0 Å². The van der Waals surface area contributed by atoms with Crippen LogP contribution in [0.4, 0.5) is 5.69 Å².